The summed E-state index contributed by atoms with van der Waals surface area (Å²) in [7, 11) is 0. The van der Waals surface area contributed by atoms with Crippen LogP contribution in [0.1, 0.15) is 6.04 Å². The molecule has 5 heteroatoms. The fourth-order valence-corrected chi connectivity index (χ4v) is 1.92. The molecule has 0 radical (unpaired) electrons. The number of rotatable bonds is 1. The van der Waals surface area contributed by atoms with Crippen molar-refractivity contribution in [1.29, 1.82) is 0 Å². The number of nitrogens with zero attached hydrogens (tertiary/aromatic N) is 1. The van der Waals surface area contributed by atoms with Crippen LogP contribution in [0.15, 0.2) is 23.0 Å². The van der Waals surface area contributed by atoms with Crippen LogP contribution in [0.4, 0.5) is 4.39 Å². The maximum absolute atomic E-state index is 12.9. The third kappa shape index (κ3) is 1.20. The Morgan fingerprint density at radius 2 is 2.20 bits per heavy atom. The molecule has 1 aliphatic heterocycles. The van der Waals surface area contributed by atoms with Crippen LogP contribution in [0.2, 0.25) is 0 Å². The van der Waals surface area contributed by atoms with Crippen molar-refractivity contribution in [2.45, 2.75) is 6.04 Å². The van der Waals surface area contributed by atoms with Gasteiger partial charge in [-0.05, 0) is 18.2 Å². The number of hydrogen-bond donors (Lipinski definition) is 2. The minimum Gasteiger partial charge on any atom is -0.313 e. The Morgan fingerprint density at radius 1 is 1.40 bits per heavy atom. The van der Waals surface area contributed by atoms with Crippen LogP contribution in [0.3, 0.4) is 0 Å². The molecule has 0 aliphatic carbocycles. The molecule has 1 aromatic heterocycles. The number of H-pyrrole nitrogens is 1. The average Bonchev–Trinajstić information content (AvgIpc) is 2.40. The quantitative estimate of drug-likeness (QED) is 0.720. The zero-order chi connectivity index (χ0) is 10.4. The molecule has 1 fully saturated rings. The van der Waals surface area contributed by atoms with Gasteiger partial charge in [-0.15, -0.1) is 0 Å². The lowest BCUT2D eigenvalue weighted by molar-refractivity contribution is 0.344. The maximum Gasteiger partial charge on any atom is 0.326 e. The van der Waals surface area contributed by atoms with E-state index in [1.54, 1.807) is 10.6 Å². The molecule has 0 atom stereocenters. The summed E-state index contributed by atoms with van der Waals surface area (Å²) in [6.45, 7) is 1.59. The van der Waals surface area contributed by atoms with Crippen LogP contribution in [0.5, 0.6) is 0 Å². The normalized spacial score (nSPS) is 16.9. The summed E-state index contributed by atoms with van der Waals surface area (Å²) >= 11 is 0. The Kier molecular flexibility index (Phi) is 1.70. The van der Waals surface area contributed by atoms with Crippen LogP contribution >= 0.6 is 0 Å². The van der Waals surface area contributed by atoms with E-state index in [9.17, 15) is 9.18 Å². The second-order valence-corrected chi connectivity index (χ2v) is 3.77. The van der Waals surface area contributed by atoms with Gasteiger partial charge in [0.05, 0.1) is 17.1 Å². The van der Waals surface area contributed by atoms with Gasteiger partial charge in [-0.2, -0.15) is 0 Å². The molecule has 0 spiro atoms. The van der Waals surface area contributed by atoms with E-state index >= 15 is 0 Å². The Hall–Kier alpha value is -1.62. The molecule has 0 unspecified atom stereocenters. The van der Waals surface area contributed by atoms with E-state index in [2.05, 4.69) is 10.3 Å². The summed E-state index contributed by atoms with van der Waals surface area (Å²) < 4.78 is 14.6. The zero-order valence-electron chi connectivity index (χ0n) is 7.96. The Bertz CT molecular complexity index is 568. The molecule has 2 heterocycles. The van der Waals surface area contributed by atoms with Crippen LogP contribution in [-0.2, 0) is 0 Å². The largest absolute Gasteiger partial charge is 0.326 e. The van der Waals surface area contributed by atoms with Gasteiger partial charge in [-0.1, -0.05) is 0 Å². The molecule has 2 aromatic rings. The highest BCUT2D eigenvalue weighted by atomic mass is 19.1. The van der Waals surface area contributed by atoms with Gasteiger partial charge in [0.1, 0.15) is 5.82 Å². The third-order valence-electron chi connectivity index (χ3n) is 2.80. The molecule has 1 aromatic carbocycles. The number of halogens is 1. The van der Waals surface area contributed by atoms with Crippen molar-refractivity contribution in [3.8, 4) is 0 Å². The highest BCUT2D eigenvalue weighted by molar-refractivity contribution is 5.75. The van der Waals surface area contributed by atoms with Gasteiger partial charge in [0.25, 0.3) is 0 Å². The summed E-state index contributed by atoms with van der Waals surface area (Å²) in [5.74, 6) is -0.331. The Labute approximate surface area is 84.7 Å². The van der Waals surface area contributed by atoms with E-state index in [1.807, 2.05) is 0 Å². The number of fused-ring (bicyclic) bond motifs is 1. The van der Waals surface area contributed by atoms with Crippen LogP contribution < -0.4 is 11.0 Å². The fourth-order valence-electron chi connectivity index (χ4n) is 1.92. The fraction of sp³-hybridized carbons (Fsp3) is 0.300. The molecule has 2 N–H and O–H groups in total. The molecule has 0 bridgehead atoms. The van der Waals surface area contributed by atoms with Crippen molar-refractivity contribution in [2.75, 3.05) is 13.1 Å². The first-order chi connectivity index (χ1) is 7.25. The number of nitrogens with one attached hydrogen (secondary N) is 2. The third-order valence-corrected chi connectivity index (χ3v) is 2.80. The number of aromatic nitrogens is 2. The van der Waals surface area contributed by atoms with Crippen LogP contribution in [0, 0.1) is 5.82 Å². The highest BCUT2D eigenvalue weighted by Gasteiger charge is 2.22. The summed E-state index contributed by atoms with van der Waals surface area (Å²) in [4.78, 5) is 14.3. The minimum atomic E-state index is -0.331. The molecule has 78 valence electrons. The van der Waals surface area contributed by atoms with E-state index < -0.39 is 0 Å². The number of hydrogen-bond acceptors (Lipinski definition) is 2. The smallest absolute Gasteiger partial charge is 0.313 e. The molecular weight excluding hydrogens is 197 g/mol. The van der Waals surface area contributed by atoms with Gasteiger partial charge in [-0.3, -0.25) is 4.57 Å². The minimum absolute atomic E-state index is 0.165. The highest BCUT2D eigenvalue weighted by Crippen LogP contribution is 2.18. The first kappa shape index (κ1) is 8.67. The SMILES string of the molecule is O=c1[nH]c2cc(F)ccc2n1C1CNC1. The number of imidazole rings is 1. The second-order valence-electron chi connectivity index (χ2n) is 3.77. The molecule has 0 amide bonds. The van der Waals surface area contributed by atoms with Gasteiger partial charge in [-0.25, -0.2) is 9.18 Å². The van der Waals surface area contributed by atoms with Crippen LogP contribution in [-0.4, -0.2) is 22.6 Å². The standard InChI is InChI=1S/C10H10FN3O/c11-6-1-2-9-8(3-6)13-10(15)14(9)7-4-12-5-7/h1-3,7,12H,4-5H2,(H,13,15). The van der Waals surface area contributed by atoms with Crippen molar-refractivity contribution in [2.24, 2.45) is 0 Å². The number of aromatic amines is 1. The lowest BCUT2D eigenvalue weighted by atomic mass is 10.1. The Balaban J connectivity index is 2.27. The lowest BCUT2D eigenvalue weighted by Gasteiger charge is -2.28. The molecular formula is C10H10FN3O. The summed E-state index contributed by atoms with van der Waals surface area (Å²) in [5.41, 5.74) is 1.17. The van der Waals surface area contributed by atoms with Crippen molar-refractivity contribution >= 4 is 11.0 Å². The molecule has 4 nitrogen and oxygen atoms in total. The second kappa shape index (κ2) is 2.93. The molecule has 1 aliphatic rings. The van der Waals surface area contributed by atoms with Gasteiger partial charge in [0, 0.05) is 13.1 Å². The van der Waals surface area contributed by atoms with Crippen molar-refractivity contribution in [3.05, 3.63) is 34.5 Å². The molecule has 1 saturated heterocycles. The molecule has 15 heavy (non-hydrogen) atoms. The first-order valence-corrected chi connectivity index (χ1v) is 4.86. The van der Waals surface area contributed by atoms with Gasteiger partial charge in [0.2, 0.25) is 0 Å². The van der Waals surface area contributed by atoms with Gasteiger partial charge in [0.15, 0.2) is 0 Å². The molecule has 3 rings (SSSR count). The summed E-state index contributed by atoms with van der Waals surface area (Å²) in [6, 6.07) is 4.55. The maximum atomic E-state index is 12.9. The van der Waals surface area contributed by atoms with E-state index in [0.29, 0.717) is 5.52 Å². The van der Waals surface area contributed by atoms with E-state index in [1.165, 1.54) is 12.1 Å². The first-order valence-electron chi connectivity index (χ1n) is 4.86. The van der Waals surface area contributed by atoms with E-state index in [-0.39, 0.29) is 17.5 Å². The van der Waals surface area contributed by atoms with Gasteiger partial charge >= 0.3 is 5.69 Å². The van der Waals surface area contributed by atoms with E-state index in [0.717, 1.165) is 18.6 Å². The predicted octanol–water partition coefficient (Wildman–Crippen LogP) is 0.613. The lowest BCUT2D eigenvalue weighted by Crippen LogP contribution is -2.46. The van der Waals surface area contributed by atoms with Crippen molar-refractivity contribution < 1.29 is 4.39 Å². The number of benzene rings is 1. The monoisotopic (exact) mass is 207 g/mol. The zero-order valence-corrected chi connectivity index (χ0v) is 7.96. The van der Waals surface area contributed by atoms with Crippen molar-refractivity contribution in [1.82, 2.24) is 14.9 Å². The van der Waals surface area contributed by atoms with Crippen LogP contribution in [0.25, 0.3) is 11.0 Å². The summed E-state index contributed by atoms with van der Waals surface area (Å²) in [6.07, 6.45) is 0. The van der Waals surface area contributed by atoms with Crippen molar-refractivity contribution in [3.63, 3.8) is 0 Å². The molecule has 0 saturated carbocycles. The Morgan fingerprint density at radius 3 is 2.87 bits per heavy atom. The average molecular weight is 207 g/mol. The topological polar surface area (TPSA) is 49.8 Å². The predicted molar refractivity (Wildman–Crippen MR) is 54.4 cm³/mol. The van der Waals surface area contributed by atoms with Gasteiger partial charge < -0.3 is 10.3 Å². The van der Waals surface area contributed by atoms with E-state index in [4.69, 9.17) is 0 Å². The summed E-state index contributed by atoms with van der Waals surface area (Å²) in [5, 5.41) is 3.11.